The predicted octanol–water partition coefficient (Wildman–Crippen LogP) is -0.800. The number of aliphatic hydroxyl groups is 1. The van der Waals surface area contributed by atoms with Gasteiger partial charge in [0.15, 0.2) is 0 Å². The summed E-state index contributed by atoms with van der Waals surface area (Å²) < 4.78 is 5.30. The van der Waals surface area contributed by atoms with Crippen molar-refractivity contribution in [3.05, 3.63) is 24.0 Å². The normalized spacial score (nSPS) is 19.7. The first kappa shape index (κ1) is 12.7. The standard InChI is InChI=1S/C11H16N4O3/c12-14-10-5-13-2-1-9(10)11(17)15-3-4-18-8(6-15)7-16/h1-2,5,8,14,16H,3-4,6-7,12H2. The highest BCUT2D eigenvalue weighted by molar-refractivity contribution is 5.99. The maximum absolute atomic E-state index is 12.3. The van der Waals surface area contributed by atoms with E-state index < -0.39 is 0 Å². The van der Waals surface area contributed by atoms with Crippen LogP contribution in [0.1, 0.15) is 10.4 Å². The smallest absolute Gasteiger partial charge is 0.256 e. The quantitative estimate of drug-likeness (QED) is 0.481. The Labute approximate surface area is 105 Å². The molecule has 0 radical (unpaired) electrons. The summed E-state index contributed by atoms with van der Waals surface area (Å²) in [5.41, 5.74) is 3.40. The molecule has 1 fully saturated rings. The van der Waals surface area contributed by atoms with Crippen LogP contribution in [0, 0.1) is 0 Å². The number of nitrogens with two attached hydrogens (primary N) is 1. The van der Waals surface area contributed by atoms with Crippen LogP contribution < -0.4 is 11.3 Å². The Kier molecular flexibility index (Phi) is 4.08. The summed E-state index contributed by atoms with van der Waals surface area (Å²) in [7, 11) is 0. The second kappa shape index (κ2) is 5.76. The third-order valence-corrected chi connectivity index (χ3v) is 2.84. The topological polar surface area (TPSA) is 101 Å². The minimum Gasteiger partial charge on any atom is -0.394 e. The van der Waals surface area contributed by atoms with Gasteiger partial charge in [-0.1, -0.05) is 0 Å². The van der Waals surface area contributed by atoms with Gasteiger partial charge in [-0.3, -0.25) is 15.6 Å². The van der Waals surface area contributed by atoms with Crippen molar-refractivity contribution in [1.29, 1.82) is 0 Å². The molecule has 98 valence electrons. The van der Waals surface area contributed by atoms with E-state index in [0.717, 1.165) is 0 Å². The Hall–Kier alpha value is -1.70. The summed E-state index contributed by atoms with van der Waals surface area (Å²) in [5, 5.41) is 9.06. The molecule has 4 N–H and O–H groups in total. The van der Waals surface area contributed by atoms with Crippen molar-refractivity contribution in [2.45, 2.75) is 6.10 Å². The van der Waals surface area contributed by atoms with Crippen molar-refractivity contribution in [3.8, 4) is 0 Å². The maximum Gasteiger partial charge on any atom is 0.256 e. The van der Waals surface area contributed by atoms with Gasteiger partial charge in [0.05, 0.1) is 36.8 Å². The van der Waals surface area contributed by atoms with Crippen LogP contribution >= 0.6 is 0 Å². The fraction of sp³-hybridized carbons (Fsp3) is 0.455. The molecule has 2 rings (SSSR count). The zero-order valence-corrected chi connectivity index (χ0v) is 9.87. The minimum atomic E-state index is -0.321. The average Bonchev–Trinajstić information content (AvgIpc) is 2.46. The number of rotatable bonds is 3. The fourth-order valence-corrected chi connectivity index (χ4v) is 1.88. The molecule has 1 aliphatic heterocycles. The number of anilines is 1. The average molecular weight is 252 g/mol. The van der Waals surface area contributed by atoms with E-state index in [1.807, 2.05) is 0 Å². The number of hydrazine groups is 1. The third-order valence-electron chi connectivity index (χ3n) is 2.84. The highest BCUT2D eigenvalue weighted by Crippen LogP contribution is 2.16. The number of nitrogens with one attached hydrogen (secondary N) is 1. The van der Waals surface area contributed by atoms with Gasteiger partial charge in [-0.05, 0) is 6.07 Å². The second-order valence-corrected chi connectivity index (χ2v) is 3.99. The monoisotopic (exact) mass is 252 g/mol. The van der Waals surface area contributed by atoms with Gasteiger partial charge < -0.3 is 20.2 Å². The second-order valence-electron chi connectivity index (χ2n) is 3.99. The number of morpholine rings is 1. The molecule has 2 heterocycles. The van der Waals surface area contributed by atoms with E-state index in [1.54, 1.807) is 11.0 Å². The number of aromatic nitrogens is 1. The molecule has 0 aromatic carbocycles. The molecule has 1 saturated heterocycles. The minimum absolute atomic E-state index is 0.0951. The number of carbonyl (C=O) groups is 1. The number of nitrogens with zero attached hydrogens (tertiary/aromatic N) is 2. The van der Waals surface area contributed by atoms with E-state index in [2.05, 4.69) is 10.4 Å². The summed E-state index contributed by atoms with van der Waals surface area (Å²) in [4.78, 5) is 17.8. The van der Waals surface area contributed by atoms with Crippen molar-refractivity contribution < 1.29 is 14.6 Å². The lowest BCUT2D eigenvalue weighted by Crippen LogP contribution is -2.47. The summed E-state index contributed by atoms with van der Waals surface area (Å²) in [5.74, 6) is 5.20. The molecule has 7 heteroatoms. The molecule has 18 heavy (non-hydrogen) atoms. The summed E-state index contributed by atoms with van der Waals surface area (Å²) in [6.07, 6.45) is 2.72. The molecule has 1 amide bonds. The van der Waals surface area contributed by atoms with E-state index in [1.165, 1.54) is 12.4 Å². The molecule has 1 aromatic rings. The van der Waals surface area contributed by atoms with E-state index in [4.69, 9.17) is 15.7 Å². The van der Waals surface area contributed by atoms with Gasteiger partial charge in [-0.2, -0.15) is 0 Å². The number of hydrogen-bond acceptors (Lipinski definition) is 6. The molecule has 0 spiro atoms. The zero-order valence-electron chi connectivity index (χ0n) is 9.87. The summed E-state index contributed by atoms with van der Waals surface area (Å²) in [6.45, 7) is 1.21. The van der Waals surface area contributed by atoms with Gasteiger partial charge >= 0.3 is 0 Å². The van der Waals surface area contributed by atoms with Crippen LogP contribution in [0.2, 0.25) is 0 Å². The number of ether oxygens (including phenoxy) is 1. The van der Waals surface area contributed by atoms with Gasteiger partial charge in [-0.15, -0.1) is 0 Å². The first-order chi connectivity index (χ1) is 8.76. The Balaban J connectivity index is 2.15. The van der Waals surface area contributed by atoms with Crippen LogP contribution in [-0.2, 0) is 4.74 Å². The van der Waals surface area contributed by atoms with E-state index in [-0.39, 0.29) is 18.6 Å². The SMILES string of the molecule is NNc1cnccc1C(=O)N1CCOC(CO)C1. The lowest BCUT2D eigenvalue weighted by atomic mass is 10.1. The van der Waals surface area contributed by atoms with Crippen molar-refractivity contribution in [2.24, 2.45) is 5.84 Å². The van der Waals surface area contributed by atoms with Crippen LogP contribution in [0.5, 0.6) is 0 Å². The Morgan fingerprint density at radius 3 is 3.28 bits per heavy atom. The Morgan fingerprint density at radius 2 is 2.56 bits per heavy atom. The molecule has 7 nitrogen and oxygen atoms in total. The number of hydrogen-bond donors (Lipinski definition) is 3. The fourth-order valence-electron chi connectivity index (χ4n) is 1.88. The predicted molar refractivity (Wildman–Crippen MR) is 64.8 cm³/mol. The molecule has 1 aromatic heterocycles. The maximum atomic E-state index is 12.3. The Bertz CT molecular complexity index is 427. The van der Waals surface area contributed by atoms with Gasteiger partial charge in [-0.25, -0.2) is 0 Å². The molecular weight excluding hydrogens is 236 g/mol. The zero-order chi connectivity index (χ0) is 13.0. The van der Waals surface area contributed by atoms with Gasteiger partial charge in [0.2, 0.25) is 0 Å². The molecule has 0 saturated carbocycles. The van der Waals surface area contributed by atoms with Crippen LogP contribution in [0.25, 0.3) is 0 Å². The molecule has 1 atom stereocenters. The number of pyridine rings is 1. The summed E-state index contributed by atoms with van der Waals surface area (Å²) >= 11 is 0. The third kappa shape index (κ3) is 2.58. The number of aliphatic hydroxyl groups excluding tert-OH is 1. The Morgan fingerprint density at radius 1 is 1.72 bits per heavy atom. The van der Waals surface area contributed by atoms with Crippen LogP contribution in [0.3, 0.4) is 0 Å². The molecular formula is C11H16N4O3. The number of nitrogen functional groups attached to an aromatic ring is 1. The molecule has 1 aliphatic rings. The molecule has 0 bridgehead atoms. The van der Waals surface area contributed by atoms with Crippen molar-refractivity contribution in [2.75, 3.05) is 31.7 Å². The largest absolute Gasteiger partial charge is 0.394 e. The van der Waals surface area contributed by atoms with Crippen molar-refractivity contribution >= 4 is 11.6 Å². The lowest BCUT2D eigenvalue weighted by molar-refractivity contribution is -0.0447. The van der Waals surface area contributed by atoms with Crippen LogP contribution in [0.15, 0.2) is 18.5 Å². The lowest BCUT2D eigenvalue weighted by Gasteiger charge is -2.32. The van der Waals surface area contributed by atoms with E-state index >= 15 is 0 Å². The molecule has 1 unspecified atom stereocenters. The van der Waals surface area contributed by atoms with Crippen LogP contribution in [0.4, 0.5) is 5.69 Å². The van der Waals surface area contributed by atoms with Crippen molar-refractivity contribution in [3.63, 3.8) is 0 Å². The molecule has 0 aliphatic carbocycles. The van der Waals surface area contributed by atoms with Crippen LogP contribution in [-0.4, -0.2) is 53.3 Å². The number of carbonyl (C=O) groups excluding carboxylic acids is 1. The first-order valence-electron chi connectivity index (χ1n) is 5.68. The number of amides is 1. The van der Waals surface area contributed by atoms with E-state index in [9.17, 15) is 4.79 Å². The van der Waals surface area contributed by atoms with Gasteiger partial charge in [0.1, 0.15) is 0 Å². The summed E-state index contributed by atoms with van der Waals surface area (Å²) in [6, 6.07) is 1.61. The van der Waals surface area contributed by atoms with E-state index in [0.29, 0.717) is 30.9 Å². The highest BCUT2D eigenvalue weighted by Gasteiger charge is 2.25. The van der Waals surface area contributed by atoms with Gasteiger partial charge in [0.25, 0.3) is 5.91 Å². The first-order valence-corrected chi connectivity index (χ1v) is 5.68. The highest BCUT2D eigenvalue weighted by atomic mass is 16.5. The van der Waals surface area contributed by atoms with Gasteiger partial charge in [0, 0.05) is 19.3 Å². The van der Waals surface area contributed by atoms with Crippen molar-refractivity contribution in [1.82, 2.24) is 9.88 Å².